The molecule has 0 radical (unpaired) electrons. The van der Waals surface area contributed by atoms with Crippen LogP contribution in [-0.4, -0.2) is 12.1 Å². The van der Waals surface area contributed by atoms with Gasteiger partial charge in [-0.25, -0.2) is 0 Å². The summed E-state index contributed by atoms with van der Waals surface area (Å²) >= 11 is 0. The van der Waals surface area contributed by atoms with E-state index in [1.54, 1.807) is 0 Å². The zero-order valence-corrected chi connectivity index (χ0v) is 6.01. The van der Waals surface area contributed by atoms with Gasteiger partial charge in [0.25, 0.3) is 0 Å². The Balaban J connectivity index is 2.15. The van der Waals surface area contributed by atoms with E-state index >= 15 is 0 Å². The molecular formula is C8H12O2. The molecule has 2 bridgehead atoms. The standard InChI is InChI=1S/C8H12O2/c9-8-6-2-1-3-7(10-8)5-4-6/h6-7H,1-5H2/t6-,7+/m1/s1. The van der Waals surface area contributed by atoms with Crippen LogP contribution in [0.3, 0.4) is 0 Å². The molecule has 0 aromatic carbocycles. The third-order valence-corrected chi connectivity index (χ3v) is 2.53. The zero-order valence-electron chi connectivity index (χ0n) is 6.01. The lowest BCUT2D eigenvalue weighted by Crippen LogP contribution is -2.27. The van der Waals surface area contributed by atoms with Gasteiger partial charge in [-0.3, -0.25) is 4.79 Å². The topological polar surface area (TPSA) is 26.3 Å². The summed E-state index contributed by atoms with van der Waals surface area (Å²) in [6, 6.07) is 0. The summed E-state index contributed by atoms with van der Waals surface area (Å²) in [4.78, 5) is 11.1. The lowest BCUT2D eigenvalue weighted by molar-refractivity contribution is -0.158. The van der Waals surface area contributed by atoms with Gasteiger partial charge in [-0.2, -0.15) is 0 Å². The van der Waals surface area contributed by atoms with Crippen LogP contribution < -0.4 is 0 Å². The lowest BCUT2D eigenvalue weighted by Gasteiger charge is -2.22. The second kappa shape index (κ2) is 2.26. The predicted molar refractivity (Wildman–Crippen MR) is 36.5 cm³/mol. The Labute approximate surface area is 60.6 Å². The maximum Gasteiger partial charge on any atom is 0.309 e. The molecule has 1 aliphatic carbocycles. The van der Waals surface area contributed by atoms with E-state index in [4.69, 9.17) is 4.74 Å². The van der Waals surface area contributed by atoms with Crippen LogP contribution >= 0.6 is 0 Å². The zero-order chi connectivity index (χ0) is 6.97. The first-order valence-corrected chi connectivity index (χ1v) is 4.07. The number of rotatable bonds is 0. The van der Waals surface area contributed by atoms with Gasteiger partial charge in [0.15, 0.2) is 0 Å². The number of hydrogen-bond donors (Lipinski definition) is 0. The van der Waals surface area contributed by atoms with Crippen LogP contribution in [0.25, 0.3) is 0 Å². The number of ether oxygens (including phenoxy) is 1. The molecule has 2 aliphatic heterocycles. The average Bonchev–Trinajstić information content (AvgIpc) is 2.20. The first kappa shape index (κ1) is 6.20. The minimum atomic E-state index is 0.0637. The molecule has 0 spiro atoms. The number of carbonyl (C=O) groups is 1. The number of fused-ring (bicyclic) bond motifs is 4. The number of carbonyl (C=O) groups excluding carboxylic acids is 1. The summed E-state index contributed by atoms with van der Waals surface area (Å²) in [5.41, 5.74) is 0. The van der Waals surface area contributed by atoms with Crippen molar-refractivity contribution in [2.45, 2.75) is 38.2 Å². The minimum absolute atomic E-state index is 0.0637. The SMILES string of the molecule is O=C1O[C@H]2CCC[C@@H]1CC2. The summed E-state index contributed by atoms with van der Waals surface area (Å²) in [6.45, 7) is 0. The van der Waals surface area contributed by atoms with Gasteiger partial charge in [0.2, 0.25) is 0 Å². The maximum absolute atomic E-state index is 11.1. The van der Waals surface area contributed by atoms with Crippen molar-refractivity contribution in [3.63, 3.8) is 0 Å². The average molecular weight is 140 g/mol. The van der Waals surface area contributed by atoms with Gasteiger partial charge < -0.3 is 4.74 Å². The van der Waals surface area contributed by atoms with E-state index in [9.17, 15) is 4.79 Å². The second-order valence-electron chi connectivity index (χ2n) is 3.26. The third-order valence-electron chi connectivity index (χ3n) is 2.53. The first-order chi connectivity index (χ1) is 4.86. The normalized spacial score (nSPS) is 39.0. The van der Waals surface area contributed by atoms with Crippen molar-refractivity contribution < 1.29 is 9.53 Å². The van der Waals surface area contributed by atoms with Crippen LogP contribution in [0, 0.1) is 5.92 Å². The molecule has 3 fully saturated rings. The minimum Gasteiger partial charge on any atom is -0.462 e. The Morgan fingerprint density at radius 3 is 2.90 bits per heavy atom. The smallest absolute Gasteiger partial charge is 0.309 e. The van der Waals surface area contributed by atoms with E-state index in [1.165, 1.54) is 6.42 Å². The molecule has 0 N–H and O–H groups in total. The van der Waals surface area contributed by atoms with E-state index in [2.05, 4.69) is 0 Å². The van der Waals surface area contributed by atoms with Gasteiger partial charge in [0.05, 0.1) is 5.92 Å². The van der Waals surface area contributed by atoms with Crippen molar-refractivity contribution >= 4 is 5.97 Å². The van der Waals surface area contributed by atoms with Crippen LogP contribution in [-0.2, 0) is 9.53 Å². The summed E-state index contributed by atoms with van der Waals surface area (Å²) < 4.78 is 5.17. The summed E-state index contributed by atoms with van der Waals surface area (Å²) in [6.07, 6.45) is 5.80. The number of hydrogen-bond acceptors (Lipinski definition) is 2. The molecule has 0 aromatic heterocycles. The van der Waals surface area contributed by atoms with E-state index in [1.807, 2.05) is 0 Å². The highest BCUT2D eigenvalue weighted by atomic mass is 16.5. The van der Waals surface area contributed by atoms with E-state index in [-0.39, 0.29) is 18.0 Å². The van der Waals surface area contributed by atoms with Crippen molar-refractivity contribution in [3.8, 4) is 0 Å². The van der Waals surface area contributed by atoms with Gasteiger partial charge in [-0.1, -0.05) is 0 Å². The van der Waals surface area contributed by atoms with Crippen LogP contribution in [0.2, 0.25) is 0 Å². The molecule has 0 aromatic rings. The van der Waals surface area contributed by atoms with Gasteiger partial charge in [0.1, 0.15) is 6.10 Å². The lowest BCUT2D eigenvalue weighted by atomic mass is 9.99. The fourth-order valence-electron chi connectivity index (χ4n) is 1.88. The molecule has 2 nitrogen and oxygen atoms in total. The largest absolute Gasteiger partial charge is 0.462 e. The van der Waals surface area contributed by atoms with Crippen LogP contribution in [0.1, 0.15) is 32.1 Å². The Bertz CT molecular complexity index is 149. The van der Waals surface area contributed by atoms with Crippen LogP contribution in [0.15, 0.2) is 0 Å². The summed E-state index contributed by atoms with van der Waals surface area (Å²) in [5, 5.41) is 0. The van der Waals surface area contributed by atoms with E-state index in [0.29, 0.717) is 0 Å². The molecule has 2 saturated heterocycles. The fraction of sp³-hybridized carbons (Fsp3) is 0.875. The molecule has 3 rings (SSSR count). The van der Waals surface area contributed by atoms with E-state index in [0.717, 1.165) is 25.7 Å². The van der Waals surface area contributed by atoms with Crippen molar-refractivity contribution in [2.75, 3.05) is 0 Å². The Morgan fingerprint density at radius 2 is 2.10 bits per heavy atom. The van der Waals surface area contributed by atoms with Gasteiger partial charge in [0, 0.05) is 0 Å². The highest BCUT2D eigenvalue weighted by Gasteiger charge is 2.32. The Hall–Kier alpha value is -0.530. The maximum atomic E-state index is 11.1. The molecule has 0 amide bonds. The van der Waals surface area contributed by atoms with Gasteiger partial charge in [-0.05, 0) is 32.1 Å². The van der Waals surface area contributed by atoms with Crippen molar-refractivity contribution in [1.29, 1.82) is 0 Å². The highest BCUT2D eigenvalue weighted by Crippen LogP contribution is 2.31. The highest BCUT2D eigenvalue weighted by molar-refractivity contribution is 5.73. The monoisotopic (exact) mass is 140 g/mol. The van der Waals surface area contributed by atoms with Crippen molar-refractivity contribution in [3.05, 3.63) is 0 Å². The summed E-state index contributed by atoms with van der Waals surface area (Å²) in [7, 11) is 0. The molecule has 2 heterocycles. The van der Waals surface area contributed by atoms with Crippen LogP contribution in [0.5, 0.6) is 0 Å². The quantitative estimate of drug-likeness (QED) is 0.476. The molecule has 2 heteroatoms. The first-order valence-electron chi connectivity index (χ1n) is 4.07. The van der Waals surface area contributed by atoms with Crippen molar-refractivity contribution in [1.82, 2.24) is 0 Å². The van der Waals surface area contributed by atoms with Gasteiger partial charge in [-0.15, -0.1) is 0 Å². The molecule has 10 heavy (non-hydrogen) atoms. The third kappa shape index (κ3) is 0.917. The Kier molecular flexibility index (Phi) is 1.40. The molecule has 3 aliphatic rings. The fourth-order valence-corrected chi connectivity index (χ4v) is 1.88. The molecule has 56 valence electrons. The second-order valence-corrected chi connectivity index (χ2v) is 3.26. The van der Waals surface area contributed by atoms with E-state index < -0.39 is 0 Å². The van der Waals surface area contributed by atoms with Gasteiger partial charge >= 0.3 is 5.97 Å². The molecule has 0 unspecified atom stereocenters. The Morgan fingerprint density at radius 1 is 1.20 bits per heavy atom. The molecular weight excluding hydrogens is 128 g/mol. The number of esters is 1. The predicted octanol–water partition coefficient (Wildman–Crippen LogP) is 1.49. The van der Waals surface area contributed by atoms with Crippen molar-refractivity contribution in [2.24, 2.45) is 5.92 Å². The molecule has 1 saturated carbocycles. The van der Waals surface area contributed by atoms with Crippen LogP contribution in [0.4, 0.5) is 0 Å². The summed E-state index contributed by atoms with van der Waals surface area (Å²) in [5.74, 6) is 0.313. The molecule has 2 atom stereocenters.